The van der Waals surface area contributed by atoms with E-state index in [2.05, 4.69) is 174 Å². The van der Waals surface area contributed by atoms with Crippen molar-refractivity contribution in [2.75, 3.05) is 0 Å². The van der Waals surface area contributed by atoms with Crippen molar-refractivity contribution >= 4 is 33.5 Å². The Labute approximate surface area is 319 Å². The van der Waals surface area contributed by atoms with Crippen molar-refractivity contribution in [2.45, 2.75) is 6.17 Å². The molecule has 2 heterocycles. The van der Waals surface area contributed by atoms with Crippen LogP contribution in [-0.2, 0) is 0 Å². The summed E-state index contributed by atoms with van der Waals surface area (Å²) in [6, 6.07) is 69.9. The van der Waals surface area contributed by atoms with Gasteiger partial charge in [0.15, 0.2) is 5.84 Å². The molecule has 1 N–H and O–H groups in total. The fourth-order valence-corrected chi connectivity index (χ4v) is 7.62. The maximum atomic E-state index is 5.29. The highest BCUT2D eigenvalue weighted by molar-refractivity contribution is 6.13. The molecule has 1 unspecified atom stereocenters. The predicted octanol–water partition coefficient (Wildman–Crippen LogP) is 11.7. The third kappa shape index (κ3) is 6.08. The van der Waals surface area contributed by atoms with Gasteiger partial charge in [0.1, 0.15) is 17.8 Å². The lowest BCUT2D eigenvalue weighted by atomic mass is 9.93. The first-order valence-electron chi connectivity index (χ1n) is 18.6. The summed E-state index contributed by atoms with van der Waals surface area (Å²) in [6.07, 6.45) is -0.351. The molecule has 5 nitrogen and oxygen atoms in total. The molecule has 0 aliphatic carbocycles. The Morgan fingerprint density at radius 3 is 1.85 bits per heavy atom. The Hall–Kier alpha value is -7.37. The second-order valence-corrected chi connectivity index (χ2v) is 13.7. The molecular formula is C50H35N5. The topological polar surface area (TPSA) is 54.6 Å². The first-order valence-corrected chi connectivity index (χ1v) is 18.6. The highest BCUT2D eigenvalue weighted by Crippen LogP contribution is 2.37. The normalized spacial score (nSPS) is 14.0. The van der Waals surface area contributed by atoms with Crippen LogP contribution in [0.4, 0.5) is 0 Å². The minimum atomic E-state index is -0.351. The first kappa shape index (κ1) is 32.3. The molecule has 1 aliphatic rings. The highest BCUT2D eigenvalue weighted by Gasteiger charge is 2.24. The standard InChI is InChI=1S/C50H35N5/c1-4-15-34(16-5-1)38-19-14-20-39(33-38)48-52-47(36-17-6-2-7-18-36)53-49(54-48)44-32-31-41(42-23-10-11-24-43(42)44)35-27-29-37(30-28-35)50-51-45-25-12-13-26-46(45)55(50)40-21-8-3-9-22-40/h1-33,49H,(H,52,53,54). The fourth-order valence-electron chi connectivity index (χ4n) is 7.62. The van der Waals surface area contributed by atoms with Crippen LogP contribution in [0.3, 0.4) is 0 Å². The summed E-state index contributed by atoms with van der Waals surface area (Å²) in [4.78, 5) is 15.5. The van der Waals surface area contributed by atoms with Gasteiger partial charge in [0, 0.05) is 27.9 Å². The zero-order valence-electron chi connectivity index (χ0n) is 29.9. The van der Waals surface area contributed by atoms with E-state index in [1.54, 1.807) is 0 Å². The van der Waals surface area contributed by atoms with E-state index in [-0.39, 0.29) is 6.17 Å². The van der Waals surface area contributed by atoms with Crippen LogP contribution < -0.4 is 5.32 Å². The largest absolute Gasteiger partial charge is 0.344 e. The van der Waals surface area contributed by atoms with Gasteiger partial charge in [0.25, 0.3) is 0 Å². The number of amidine groups is 2. The van der Waals surface area contributed by atoms with E-state index < -0.39 is 0 Å². The molecule has 0 fully saturated rings. The van der Waals surface area contributed by atoms with Crippen LogP contribution in [0, 0.1) is 0 Å². The van der Waals surface area contributed by atoms with E-state index in [9.17, 15) is 0 Å². The third-order valence-electron chi connectivity index (χ3n) is 10.3. The number of aliphatic imine (C=N–C) groups is 2. The Balaban J connectivity index is 1.04. The summed E-state index contributed by atoms with van der Waals surface area (Å²) < 4.78 is 2.24. The summed E-state index contributed by atoms with van der Waals surface area (Å²) in [5.74, 6) is 2.41. The van der Waals surface area contributed by atoms with Crippen LogP contribution in [0.5, 0.6) is 0 Å². The number of para-hydroxylation sites is 3. The average Bonchev–Trinajstić information content (AvgIpc) is 3.67. The second-order valence-electron chi connectivity index (χ2n) is 13.7. The van der Waals surface area contributed by atoms with Crippen LogP contribution in [0.15, 0.2) is 210 Å². The zero-order valence-corrected chi connectivity index (χ0v) is 29.9. The number of nitrogens with one attached hydrogen (secondary N) is 1. The van der Waals surface area contributed by atoms with E-state index >= 15 is 0 Å². The molecule has 5 heteroatoms. The fraction of sp³-hybridized carbons (Fsp3) is 0.0200. The van der Waals surface area contributed by atoms with E-state index in [4.69, 9.17) is 15.0 Å². The molecular weight excluding hydrogens is 671 g/mol. The molecule has 8 aromatic carbocycles. The van der Waals surface area contributed by atoms with Crippen molar-refractivity contribution in [3.05, 3.63) is 217 Å². The smallest absolute Gasteiger partial charge is 0.159 e. The van der Waals surface area contributed by atoms with Crippen molar-refractivity contribution in [1.82, 2.24) is 14.9 Å². The summed E-state index contributed by atoms with van der Waals surface area (Å²) in [5, 5.41) is 6.00. The summed E-state index contributed by atoms with van der Waals surface area (Å²) >= 11 is 0. The molecule has 260 valence electrons. The van der Waals surface area contributed by atoms with Crippen molar-refractivity contribution in [1.29, 1.82) is 0 Å². The van der Waals surface area contributed by atoms with E-state index in [0.717, 1.165) is 83.7 Å². The van der Waals surface area contributed by atoms with Gasteiger partial charge in [-0.25, -0.2) is 15.0 Å². The molecule has 0 saturated heterocycles. The molecule has 1 aliphatic heterocycles. The molecule has 0 spiro atoms. The van der Waals surface area contributed by atoms with Crippen LogP contribution in [0.2, 0.25) is 0 Å². The molecule has 0 bridgehead atoms. The number of imidazole rings is 1. The van der Waals surface area contributed by atoms with Gasteiger partial charge in [-0.3, -0.25) is 4.57 Å². The van der Waals surface area contributed by atoms with Gasteiger partial charge in [-0.2, -0.15) is 0 Å². The summed E-state index contributed by atoms with van der Waals surface area (Å²) in [5.41, 5.74) is 11.9. The van der Waals surface area contributed by atoms with Gasteiger partial charge < -0.3 is 5.32 Å². The van der Waals surface area contributed by atoms with Crippen LogP contribution in [0.25, 0.3) is 61.1 Å². The van der Waals surface area contributed by atoms with Gasteiger partial charge in [-0.1, -0.05) is 170 Å². The first-order chi connectivity index (χ1) is 27.3. The minimum Gasteiger partial charge on any atom is -0.344 e. The lowest BCUT2D eigenvalue weighted by molar-refractivity contribution is 0.679. The maximum absolute atomic E-state index is 5.29. The van der Waals surface area contributed by atoms with Crippen molar-refractivity contribution in [3.63, 3.8) is 0 Å². The lowest BCUT2D eigenvalue weighted by Crippen LogP contribution is -2.33. The number of hydrogen-bond donors (Lipinski definition) is 1. The van der Waals surface area contributed by atoms with Gasteiger partial charge in [0.2, 0.25) is 0 Å². The van der Waals surface area contributed by atoms with Gasteiger partial charge in [0.05, 0.1) is 11.0 Å². The lowest BCUT2D eigenvalue weighted by Gasteiger charge is -2.25. The Morgan fingerprint density at radius 1 is 0.455 bits per heavy atom. The highest BCUT2D eigenvalue weighted by atomic mass is 15.2. The Kier molecular flexibility index (Phi) is 8.15. The van der Waals surface area contributed by atoms with Crippen LogP contribution >= 0.6 is 0 Å². The van der Waals surface area contributed by atoms with E-state index in [0.29, 0.717) is 5.84 Å². The SMILES string of the molecule is c1ccc(C2=NC(c3cccc(-c4ccccc4)c3)=NC(c3ccc(-c4ccc(-c5nc6ccccc6n5-c5ccccc5)cc4)c4ccccc34)N2)cc1. The quantitative estimate of drug-likeness (QED) is 0.179. The van der Waals surface area contributed by atoms with Gasteiger partial charge in [-0.05, 0) is 63.4 Å². The molecule has 0 amide bonds. The molecule has 1 atom stereocenters. The van der Waals surface area contributed by atoms with Crippen molar-refractivity contribution in [3.8, 4) is 39.3 Å². The number of rotatable bonds is 7. The maximum Gasteiger partial charge on any atom is 0.159 e. The van der Waals surface area contributed by atoms with Gasteiger partial charge >= 0.3 is 0 Å². The van der Waals surface area contributed by atoms with Crippen LogP contribution in [0.1, 0.15) is 22.9 Å². The number of fused-ring (bicyclic) bond motifs is 2. The third-order valence-corrected chi connectivity index (χ3v) is 10.3. The molecule has 0 saturated carbocycles. The average molecular weight is 706 g/mol. The van der Waals surface area contributed by atoms with E-state index in [1.807, 2.05) is 36.4 Å². The number of hydrogen-bond acceptors (Lipinski definition) is 4. The van der Waals surface area contributed by atoms with Crippen molar-refractivity contribution < 1.29 is 0 Å². The molecule has 10 rings (SSSR count). The molecule has 1 aromatic heterocycles. The second kappa shape index (κ2) is 13.9. The summed E-state index contributed by atoms with van der Waals surface area (Å²) in [7, 11) is 0. The van der Waals surface area contributed by atoms with Gasteiger partial charge in [-0.15, -0.1) is 0 Å². The molecule has 55 heavy (non-hydrogen) atoms. The molecule has 9 aromatic rings. The Bertz CT molecular complexity index is 2870. The predicted molar refractivity (Wildman–Crippen MR) is 227 cm³/mol. The van der Waals surface area contributed by atoms with Crippen molar-refractivity contribution in [2.24, 2.45) is 9.98 Å². The Morgan fingerprint density at radius 2 is 1.07 bits per heavy atom. The zero-order chi connectivity index (χ0) is 36.6. The number of benzene rings is 8. The van der Waals surface area contributed by atoms with Crippen LogP contribution in [-0.4, -0.2) is 21.2 Å². The number of nitrogens with zero attached hydrogens (tertiary/aromatic N) is 4. The minimum absolute atomic E-state index is 0.351. The summed E-state index contributed by atoms with van der Waals surface area (Å²) in [6.45, 7) is 0. The monoisotopic (exact) mass is 705 g/mol. The van der Waals surface area contributed by atoms with E-state index in [1.165, 1.54) is 0 Å². The molecule has 0 radical (unpaired) electrons. The number of aromatic nitrogens is 2.